The van der Waals surface area contributed by atoms with E-state index in [1.54, 1.807) is 0 Å². The van der Waals surface area contributed by atoms with Gasteiger partial charge in [0.15, 0.2) is 0 Å². The van der Waals surface area contributed by atoms with Gasteiger partial charge in [-0.05, 0) is 25.3 Å². The molecule has 1 fully saturated rings. The SMILES string of the molecule is CCNCCC(=O)NCCOCC1CC1. The van der Waals surface area contributed by atoms with Crippen molar-refractivity contribution in [1.29, 1.82) is 0 Å². The smallest absolute Gasteiger partial charge is 0.221 e. The van der Waals surface area contributed by atoms with Crippen LogP contribution in [-0.4, -0.2) is 38.8 Å². The predicted octanol–water partition coefficient (Wildman–Crippen LogP) is 0.529. The van der Waals surface area contributed by atoms with E-state index in [-0.39, 0.29) is 5.91 Å². The van der Waals surface area contributed by atoms with Gasteiger partial charge in [0.1, 0.15) is 0 Å². The van der Waals surface area contributed by atoms with Crippen LogP contribution in [0.3, 0.4) is 0 Å². The first-order valence-electron chi connectivity index (χ1n) is 5.88. The summed E-state index contributed by atoms with van der Waals surface area (Å²) in [6.45, 7) is 5.85. The van der Waals surface area contributed by atoms with Crippen LogP contribution in [-0.2, 0) is 9.53 Å². The molecule has 0 bridgehead atoms. The zero-order chi connectivity index (χ0) is 10.9. The van der Waals surface area contributed by atoms with Gasteiger partial charge < -0.3 is 15.4 Å². The monoisotopic (exact) mass is 214 g/mol. The van der Waals surface area contributed by atoms with Crippen LogP contribution in [0.4, 0.5) is 0 Å². The van der Waals surface area contributed by atoms with Gasteiger partial charge in [0.05, 0.1) is 6.61 Å². The first kappa shape index (κ1) is 12.5. The lowest BCUT2D eigenvalue weighted by Gasteiger charge is -2.06. The third kappa shape index (κ3) is 7.33. The van der Waals surface area contributed by atoms with E-state index in [0.29, 0.717) is 19.6 Å². The Hall–Kier alpha value is -0.610. The molecular formula is C11H22N2O2. The maximum atomic E-state index is 11.2. The first-order valence-corrected chi connectivity index (χ1v) is 5.88. The van der Waals surface area contributed by atoms with E-state index in [4.69, 9.17) is 4.74 Å². The van der Waals surface area contributed by atoms with Gasteiger partial charge in [-0.3, -0.25) is 4.79 Å². The maximum absolute atomic E-state index is 11.2. The van der Waals surface area contributed by atoms with Gasteiger partial charge in [-0.2, -0.15) is 0 Å². The molecule has 0 heterocycles. The molecule has 0 aliphatic heterocycles. The molecular weight excluding hydrogens is 192 g/mol. The van der Waals surface area contributed by atoms with Crippen LogP contribution >= 0.6 is 0 Å². The van der Waals surface area contributed by atoms with Crippen molar-refractivity contribution in [2.75, 3.05) is 32.8 Å². The number of rotatable bonds is 9. The summed E-state index contributed by atoms with van der Waals surface area (Å²) in [7, 11) is 0. The Morgan fingerprint density at radius 1 is 1.40 bits per heavy atom. The largest absolute Gasteiger partial charge is 0.379 e. The number of hydrogen-bond donors (Lipinski definition) is 2. The Labute approximate surface area is 91.8 Å². The van der Waals surface area contributed by atoms with Crippen LogP contribution in [0.15, 0.2) is 0 Å². The molecule has 0 radical (unpaired) electrons. The van der Waals surface area contributed by atoms with Crippen LogP contribution in [0, 0.1) is 5.92 Å². The highest BCUT2D eigenvalue weighted by Gasteiger charge is 2.20. The molecule has 0 spiro atoms. The molecule has 0 saturated heterocycles. The molecule has 4 nitrogen and oxygen atoms in total. The van der Waals surface area contributed by atoms with Gasteiger partial charge >= 0.3 is 0 Å². The lowest BCUT2D eigenvalue weighted by molar-refractivity contribution is -0.121. The molecule has 15 heavy (non-hydrogen) atoms. The van der Waals surface area contributed by atoms with Crippen molar-refractivity contribution in [3.8, 4) is 0 Å². The van der Waals surface area contributed by atoms with Gasteiger partial charge in [-0.15, -0.1) is 0 Å². The summed E-state index contributed by atoms with van der Waals surface area (Å²) in [5.41, 5.74) is 0. The first-order chi connectivity index (χ1) is 7.33. The predicted molar refractivity (Wildman–Crippen MR) is 59.7 cm³/mol. The average molecular weight is 214 g/mol. The quantitative estimate of drug-likeness (QED) is 0.550. The van der Waals surface area contributed by atoms with Crippen molar-refractivity contribution >= 4 is 5.91 Å². The third-order valence-corrected chi connectivity index (χ3v) is 2.40. The lowest BCUT2D eigenvalue weighted by atomic mass is 10.4. The molecule has 4 heteroatoms. The van der Waals surface area contributed by atoms with E-state index in [0.717, 1.165) is 25.6 Å². The number of amides is 1. The second-order valence-corrected chi connectivity index (χ2v) is 3.97. The minimum absolute atomic E-state index is 0.103. The highest BCUT2D eigenvalue weighted by molar-refractivity contribution is 5.75. The Morgan fingerprint density at radius 3 is 2.87 bits per heavy atom. The van der Waals surface area contributed by atoms with E-state index in [9.17, 15) is 4.79 Å². The zero-order valence-corrected chi connectivity index (χ0v) is 9.55. The molecule has 1 amide bonds. The number of carbonyl (C=O) groups is 1. The summed E-state index contributed by atoms with van der Waals surface area (Å²) in [4.78, 5) is 11.2. The molecule has 0 aromatic heterocycles. The van der Waals surface area contributed by atoms with Gasteiger partial charge in [-0.25, -0.2) is 0 Å². The second-order valence-electron chi connectivity index (χ2n) is 3.97. The Kier molecular flexibility index (Phi) is 6.36. The van der Waals surface area contributed by atoms with Crippen LogP contribution in [0.1, 0.15) is 26.2 Å². The average Bonchev–Trinajstić information content (AvgIpc) is 3.02. The summed E-state index contributed by atoms with van der Waals surface area (Å²) in [6.07, 6.45) is 3.18. The second kappa shape index (κ2) is 7.65. The summed E-state index contributed by atoms with van der Waals surface area (Å²) >= 11 is 0. The Bertz CT molecular complexity index is 181. The van der Waals surface area contributed by atoms with Crippen molar-refractivity contribution < 1.29 is 9.53 Å². The lowest BCUT2D eigenvalue weighted by Crippen LogP contribution is -2.30. The number of carbonyl (C=O) groups excluding carboxylic acids is 1. The molecule has 1 aliphatic rings. The van der Waals surface area contributed by atoms with Crippen molar-refractivity contribution in [2.24, 2.45) is 5.92 Å². The summed E-state index contributed by atoms with van der Waals surface area (Å²) in [5, 5.41) is 5.94. The van der Waals surface area contributed by atoms with Crippen molar-refractivity contribution in [1.82, 2.24) is 10.6 Å². The molecule has 88 valence electrons. The fourth-order valence-electron chi connectivity index (χ4n) is 1.26. The molecule has 0 unspecified atom stereocenters. The summed E-state index contributed by atoms with van der Waals surface area (Å²) in [5.74, 6) is 0.903. The van der Waals surface area contributed by atoms with Gasteiger partial charge in [0.2, 0.25) is 5.91 Å². The molecule has 0 aromatic carbocycles. The standard InChI is InChI=1S/C11H22N2O2/c1-2-12-6-5-11(14)13-7-8-15-9-10-3-4-10/h10,12H,2-9H2,1H3,(H,13,14). The molecule has 2 N–H and O–H groups in total. The molecule has 0 atom stereocenters. The van der Waals surface area contributed by atoms with E-state index >= 15 is 0 Å². The van der Waals surface area contributed by atoms with E-state index in [1.807, 2.05) is 6.92 Å². The van der Waals surface area contributed by atoms with Crippen molar-refractivity contribution in [3.05, 3.63) is 0 Å². The summed E-state index contributed by atoms with van der Waals surface area (Å²) in [6, 6.07) is 0. The van der Waals surface area contributed by atoms with Crippen molar-refractivity contribution in [2.45, 2.75) is 26.2 Å². The minimum atomic E-state index is 0.103. The van der Waals surface area contributed by atoms with Crippen LogP contribution in [0.2, 0.25) is 0 Å². The number of ether oxygens (including phenoxy) is 1. The molecule has 1 aliphatic carbocycles. The van der Waals surface area contributed by atoms with Gasteiger partial charge in [-0.1, -0.05) is 6.92 Å². The zero-order valence-electron chi connectivity index (χ0n) is 9.55. The number of hydrogen-bond acceptors (Lipinski definition) is 3. The highest BCUT2D eigenvalue weighted by Crippen LogP contribution is 2.28. The number of nitrogens with one attached hydrogen (secondary N) is 2. The van der Waals surface area contributed by atoms with E-state index < -0.39 is 0 Å². The Morgan fingerprint density at radius 2 is 2.20 bits per heavy atom. The maximum Gasteiger partial charge on any atom is 0.221 e. The van der Waals surface area contributed by atoms with E-state index in [1.165, 1.54) is 12.8 Å². The minimum Gasteiger partial charge on any atom is -0.379 e. The van der Waals surface area contributed by atoms with E-state index in [2.05, 4.69) is 10.6 Å². The van der Waals surface area contributed by atoms with Crippen LogP contribution in [0.5, 0.6) is 0 Å². The summed E-state index contributed by atoms with van der Waals surface area (Å²) < 4.78 is 5.40. The van der Waals surface area contributed by atoms with Gasteiger partial charge in [0.25, 0.3) is 0 Å². The fraction of sp³-hybridized carbons (Fsp3) is 0.909. The normalized spacial score (nSPS) is 15.3. The fourth-order valence-corrected chi connectivity index (χ4v) is 1.26. The van der Waals surface area contributed by atoms with Crippen LogP contribution < -0.4 is 10.6 Å². The van der Waals surface area contributed by atoms with Gasteiger partial charge in [0, 0.05) is 26.1 Å². The molecule has 1 saturated carbocycles. The third-order valence-electron chi connectivity index (χ3n) is 2.40. The molecule has 0 aromatic rings. The highest BCUT2D eigenvalue weighted by atomic mass is 16.5. The molecule has 1 rings (SSSR count). The van der Waals surface area contributed by atoms with Crippen molar-refractivity contribution in [3.63, 3.8) is 0 Å². The topological polar surface area (TPSA) is 50.4 Å². The van der Waals surface area contributed by atoms with Crippen LogP contribution in [0.25, 0.3) is 0 Å². The Balaban J connectivity index is 1.78.